The number of hydrogen-bond acceptors (Lipinski definition) is 4. The van der Waals surface area contributed by atoms with E-state index in [1.807, 2.05) is 0 Å². The van der Waals surface area contributed by atoms with E-state index in [0.717, 1.165) is 29.4 Å². The van der Waals surface area contributed by atoms with Crippen LogP contribution < -0.4 is 5.32 Å². The van der Waals surface area contributed by atoms with Gasteiger partial charge in [-0.25, -0.2) is 0 Å². The molecular formula is C16H23N3S. The molecule has 2 aromatic rings. The molecule has 2 rings (SSSR count). The van der Waals surface area contributed by atoms with Gasteiger partial charge >= 0.3 is 0 Å². The summed E-state index contributed by atoms with van der Waals surface area (Å²) in [6.45, 7) is 6.62. The highest BCUT2D eigenvalue weighted by atomic mass is 32.1. The van der Waals surface area contributed by atoms with Crippen LogP contribution in [0.4, 0.5) is 5.13 Å². The molecular weight excluding hydrogens is 266 g/mol. The summed E-state index contributed by atoms with van der Waals surface area (Å²) in [6.07, 6.45) is 3.25. The molecule has 0 bridgehead atoms. The number of hydrogen-bond donors (Lipinski definition) is 1. The highest BCUT2D eigenvalue weighted by Crippen LogP contribution is 2.26. The third-order valence-electron chi connectivity index (χ3n) is 3.13. The molecule has 0 aliphatic rings. The van der Waals surface area contributed by atoms with Gasteiger partial charge in [0.15, 0.2) is 0 Å². The molecule has 1 aromatic carbocycles. The number of nitrogens with zero attached hydrogens (tertiary/aromatic N) is 2. The van der Waals surface area contributed by atoms with E-state index in [4.69, 9.17) is 0 Å². The molecule has 1 atom stereocenters. The van der Waals surface area contributed by atoms with Crippen LogP contribution in [0, 0.1) is 5.92 Å². The van der Waals surface area contributed by atoms with Crippen LogP contribution in [-0.2, 0) is 6.42 Å². The molecule has 4 heteroatoms. The standard InChI is InChI=1S/C16H23N3S/c1-4-8-14(13-9-6-5-7-10-13)17-16-19-18-15(20-16)11-12(2)3/h5-7,9-10,12,14H,4,8,11H2,1-3H3,(H,17,19). The molecule has 0 aliphatic heterocycles. The lowest BCUT2D eigenvalue weighted by atomic mass is 10.0. The van der Waals surface area contributed by atoms with E-state index >= 15 is 0 Å². The Hall–Kier alpha value is -1.42. The lowest BCUT2D eigenvalue weighted by Crippen LogP contribution is -2.10. The predicted octanol–water partition coefficient (Wildman–Crippen LogP) is 4.69. The first kappa shape index (κ1) is 15.0. The van der Waals surface area contributed by atoms with E-state index in [1.165, 1.54) is 5.56 Å². The van der Waals surface area contributed by atoms with Crippen molar-refractivity contribution >= 4 is 16.5 Å². The second-order valence-corrected chi connectivity index (χ2v) is 6.56. The predicted molar refractivity (Wildman–Crippen MR) is 86.2 cm³/mol. The minimum atomic E-state index is 0.320. The minimum Gasteiger partial charge on any atom is -0.353 e. The third kappa shape index (κ3) is 4.30. The van der Waals surface area contributed by atoms with Crippen molar-refractivity contribution in [2.24, 2.45) is 5.92 Å². The van der Waals surface area contributed by atoms with Crippen molar-refractivity contribution in [1.29, 1.82) is 0 Å². The fraction of sp³-hybridized carbons (Fsp3) is 0.500. The van der Waals surface area contributed by atoms with Gasteiger partial charge in [0.25, 0.3) is 0 Å². The van der Waals surface area contributed by atoms with Crippen molar-refractivity contribution in [3.63, 3.8) is 0 Å². The van der Waals surface area contributed by atoms with Gasteiger partial charge in [0.1, 0.15) is 5.01 Å². The Balaban J connectivity index is 2.06. The van der Waals surface area contributed by atoms with Gasteiger partial charge in [-0.15, -0.1) is 10.2 Å². The fourth-order valence-corrected chi connectivity index (χ4v) is 3.19. The molecule has 0 saturated carbocycles. The summed E-state index contributed by atoms with van der Waals surface area (Å²) in [4.78, 5) is 0. The molecule has 0 fully saturated rings. The highest BCUT2D eigenvalue weighted by Gasteiger charge is 2.13. The van der Waals surface area contributed by atoms with Gasteiger partial charge in [-0.2, -0.15) is 0 Å². The molecule has 0 saturated heterocycles. The maximum absolute atomic E-state index is 4.27. The number of anilines is 1. The van der Waals surface area contributed by atoms with Crippen molar-refractivity contribution in [2.45, 2.75) is 46.1 Å². The van der Waals surface area contributed by atoms with Crippen molar-refractivity contribution in [3.05, 3.63) is 40.9 Å². The van der Waals surface area contributed by atoms with Crippen molar-refractivity contribution in [2.75, 3.05) is 5.32 Å². The van der Waals surface area contributed by atoms with Crippen molar-refractivity contribution < 1.29 is 0 Å². The monoisotopic (exact) mass is 289 g/mol. The quantitative estimate of drug-likeness (QED) is 0.803. The van der Waals surface area contributed by atoms with Gasteiger partial charge in [-0.1, -0.05) is 68.9 Å². The zero-order valence-electron chi connectivity index (χ0n) is 12.5. The minimum absolute atomic E-state index is 0.320. The maximum Gasteiger partial charge on any atom is 0.206 e. The Bertz CT molecular complexity index is 507. The smallest absolute Gasteiger partial charge is 0.206 e. The summed E-state index contributed by atoms with van der Waals surface area (Å²) in [5, 5.41) is 14.1. The van der Waals surface area contributed by atoms with Crippen LogP contribution in [0.15, 0.2) is 30.3 Å². The van der Waals surface area contributed by atoms with E-state index in [9.17, 15) is 0 Å². The Kier molecular flexibility index (Phi) is 5.53. The summed E-state index contributed by atoms with van der Waals surface area (Å²) >= 11 is 1.68. The number of nitrogens with one attached hydrogen (secondary N) is 1. The summed E-state index contributed by atoms with van der Waals surface area (Å²) in [5.41, 5.74) is 1.31. The Labute approximate surface area is 125 Å². The third-order valence-corrected chi connectivity index (χ3v) is 4.00. The molecule has 1 N–H and O–H groups in total. The van der Waals surface area contributed by atoms with Crippen LogP contribution in [0.1, 0.15) is 50.2 Å². The first-order valence-corrected chi connectivity index (χ1v) is 8.14. The van der Waals surface area contributed by atoms with Gasteiger partial charge in [0, 0.05) is 6.42 Å². The molecule has 0 amide bonds. The summed E-state index contributed by atoms with van der Waals surface area (Å²) in [5.74, 6) is 0.622. The molecule has 1 heterocycles. The van der Waals surface area contributed by atoms with E-state index in [-0.39, 0.29) is 0 Å². The average Bonchev–Trinajstić information content (AvgIpc) is 2.86. The SMILES string of the molecule is CCCC(Nc1nnc(CC(C)C)s1)c1ccccc1. The molecule has 108 valence electrons. The summed E-state index contributed by atoms with van der Waals surface area (Å²) < 4.78 is 0. The van der Waals surface area contributed by atoms with E-state index in [2.05, 4.69) is 66.6 Å². The Morgan fingerprint density at radius 2 is 1.90 bits per heavy atom. The number of aromatic nitrogens is 2. The average molecular weight is 289 g/mol. The van der Waals surface area contributed by atoms with Gasteiger partial charge in [-0.05, 0) is 17.9 Å². The normalized spacial score (nSPS) is 12.6. The van der Waals surface area contributed by atoms with Crippen molar-refractivity contribution in [1.82, 2.24) is 10.2 Å². The second-order valence-electron chi connectivity index (χ2n) is 5.50. The van der Waals surface area contributed by atoms with Crippen LogP contribution in [0.3, 0.4) is 0 Å². The van der Waals surface area contributed by atoms with Gasteiger partial charge < -0.3 is 5.32 Å². The Morgan fingerprint density at radius 1 is 1.15 bits per heavy atom. The molecule has 1 unspecified atom stereocenters. The Morgan fingerprint density at radius 3 is 2.55 bits per heavy atom. The maximum atomic E-state index is 4.27. The lowest BCUT2D eigenvalue weighted by Gasteiger charge is -2.17. The van der Waals surface area contributed by atoms with E-state index < -0.39 is 0 Å². The molecule has 0 aliphatic carbocycles. The van der Waals surface area contributed by atoms with Crippen LogP contribution in [-0.4, -0.2) is 10.2 Å². The molecule has 0 radical (unpaired) electrons. The zero-order chi connectivity index (χ0) is 14.4. The number of rotatable bonds is 7. The van der Waals surface area contributed by atoms with E-state index in [1.54, 1.807) is 11.3 Å². The largest absolute Gasteiger partial charge is 0.353 e. The topological polar surface area (TPSA) is 37.8 Å². The van der Waals surface area contributed by atoms with Gasteiger partial charge in [-0.3, -0.25) is 0 Å². The van der Waals surface area contributed by atoms with E-state index in [0.29, 0.717) is 12.0 Å². The van der Waals surface area contributed by atoms with Crippen LogP contribution in [0.5, 0.6) is 0 Å². The fourth-order valence-electron chi connectivity index (χ4n) is 2.19. The van der Waals surface area contributed by atoms with Crippen LogP contribution in [0.2, 0.25) is 0 Å². The molecule has 0 spiro atoms. The number of benzene rings is 1. The molecule has 3 nitrogen and oxygen atoms in total. The van der Waals surface area contributed by atoms with Gasteiger partial charge in [0.2, 0.25) is 5.13 Å². The highest BCUT2D eigenvalue weighted by molar-refractivity contribution is 7.15. The van der Waals surface area contributed by atoms with Crippen LogP contribution in [0.25, 0.3) is 0 Å². The summed E-state index contributed by atoms with van der Waals surface area (Å²) in [6, 6.07) is 10.9. The molecule has 20 heavy (non-hydrogen) atoms. The summed E-state index contributed by atoms with van der Waals surface area (Å²) in [7, 11) is 0. The van der Waals surface area contributed by atoms with Crippen molar-refractivity contribution in [3.8, 4) is 0 Å². The zero-order valence-corrected chi connectivity index (χ0v) is 13.3. The van der Waals surface area contributed by atoms with Gasteiger partial charge in [0.05, 0.1) is 6.04 Å². The second kappa shape index (κ2) is 7.39. The first-order chi connectivity index (χ1) is 9.69. The first-order valence-electron chi connectivity index (χ1n) is 7.33. The lowest BCUT2D eigenvalue weighted by molar-refractivity contribution is 0.639. The molecule has 1 aromatic heterocycles. The van der Waals surface area contributed by atoms with Crippen LogP contribution >= 0.6 is 11.3 Å².